The summed E-state index contributed by atoms with van der Waals surface area (Å²) >= 11 is 0. The summed E-state index contributed by atoms with van der Waals surface area (Å²) < 4.78 is 4.99. The summed E-state index contributed by atoms with van der Waals surface area (Å²) in [5.74, 6) is 0.633. The standard InChI is InChI=1S/C12H10NO/c1-14-12-8-7-11(9-13-12)10-5-3-2-4-6-10/h2-3,5-9H,1H3. The van der Waals surface area contributed by atoms with Gasteiger partial charge in [0.1, 0.15) is 0 Å². The van der Waals surface area contributed by atoms with E-state index in [1.54, 1.807) is 13.3 Å². The number of aromatic nitrogens is 1. The van der Waals surface area contributed by atoms with E-state index in [1.807, 2.05) is 36.4 Å². The molecule has 0 atom stereocenters. The first kappa shape index (κ1) is 8.75. The average Bonchev–Trinajstić information content (AvgIpc) is 2.30. The molecule has 0 spiro atoms. The third kappa shape index (κ3) is 1.74. The quantitative estimate of drug-likeness (QED) is 0.715. The van der Waals surface area contributed by atoms with Gasteiger partial charge in [0.2, 0.25) is 5.88 Å². The van der Waals surface area contributed by atoms with Crippen LogP contribution >= 0.6 is 0 Å². The number of methoxy groups -OCH3 is 1. The van der Waals surface area contributed by atoms with E-state index < -0.39 is 0 Å². The third-order valence-electron chi connectivity index (χ3n) is 1.99. The largest absolute Gasteiger partial charge is 0.481 e. The lowest BCUT2D eigenvalue weighted by Gasteiger charge is -2.01. The molecule has 1 aromatic carbocycles. The molecule has 0 bridgehead atoms. The number of benzene rings is 1. The van der Waals surface area contributed by atoms with Gasteiger partial charge in [-0.05, 0) is 23.8 Å². The van der Waals surface area contributed by atoms with Gasteiger partial charge in [0, 0.05) is 17.8 Å². The molecule has 0 saturated carbocycles. The lowest BCUT2D eigenvalue weighted by atomic mass is 10.1. The van der Waals surface area contributed by atoms with E-state index in [0.29, 0.717) is 5.88 Å². The van der Waals surface area contributed by atoms with Gasteiger partial charge in [-0.2, -0.15) is 0 Å². The molecule has 1 heterocycles. The van der Waals surface area contributed by atoms with Gasteiger partial charge < -0.3 is 4.74 Å². The summed E-state index contributed by atoms with van der Waals surface area (Å²) in [5, 5.41) is 0. The molecule has 0 unspecified atom stereocenters. The summed E-state index contributed by atoms with van der Waals surface area (Å²) in [4.78, 5) is 4.14. The van der Waals surface area contributed by atoms with Crippen LogP contribution in [-0.2, 0) is 0 Å². The predicted molar refractivity (Wildman–Crippen MR) is 55.1 cm³/mol. The van der Waals surface area contributed by atoms with Crippen LogP contribution in [0.4, 0.5) is 0 Å². The summed E-state index contributed by atoms with van der Waals surface area (Å²) in [5.41, 5.74) is 2.19. The van der Waals surface area contributed by atoms with Gasteiger partial charge >= 0.3 is 0 Å². The monoisotopic (exact) mass is 184 g/mol. The second kappa shape index (κ2) is 3.92. The zero-order chi connectivity index (χ0) is 9.80. The van der Waals surface area contributed by atoms with E-state index in [-0.39, 0.29) is 0 Å². The van der Waals surface area contributed by atoms with Crippen LogP contribution < -0.4 is 4.74 Å². The van der Waals surface area contributed by atoms with E-state index >= 15 is 0 Å². The van der Waals surface area contributed by atoms with Crippen LogP contribution in [0.2, 0.25) is 0 Å². The van der Waals surface area contributed by atoms with Gasteiger partial charge in [-0.1, -0.05) is 18.2 Å². The maximum atomic E-state index is 4.99. The highest BCUT2D eigenvalue weighted by Crippen LogP contribution is 2.19. The van der Waals surface area contributed by atoms with Crippen molar-refractivity contribution in [1.29, 1.82) is 0 Å². The fourth-order valence-corrected chi connectivity index (χ4v) is 1.24. The molecule has 0 saturated heterocycles. The molecule has 69 valence electrons. The maximum Gasteiger partial charge on any atom is 0.212 e. The van der Waals surface area contributed by atoms with Crippen LogP contribution in [0.25, 0.3) is 11.1 Å². The number of rotatable bonds is 2. The maximum absolute atomic E-state index is 4.99. The smallest absolute Gasteiger partial charge is 0.212 e. The third-order valence-corrected chi connectivity index (χ3v) is 1.99. The van der Waals surface area contributed by atoms with E-state index in [0.717, 1.165) is 11.1 Å². The zero-order valence-electron chi connectivity index (χ0n) is 7.90. The molecule has 2 aromatic rings. The molecule has 1 aromatic heterocycles. The highest BCUT2D eigenvalue weighted by atomic mass is 16.5. The van der Waals surface area contributed by atoms with Crippen LogP contribution in [0, 0.1) is 6.07 Å². The van der Waals surface area contributed by atoms with E-state index in [4.69, 9.17) is 4.74 Å². The second-order valence-corrected chi connectivity index (χ2v) is 2.88. The minimum absolute atomic E-state index is 0.633. The van der Waals surface area contributed by atoms with Crippen molar-refractivity contribution in [3.63, 3.8) is 0 Å². The first-order valence-electron chi connectivity index (χ1n) is 4.36. The first-order chi connectivity index (χ1) is 6.90. The van der Waals surface area contributed by atoms with Gasteiger partial charge in [0.15, 0.2) is 0 Å². The Morgan fingerprint density at radius 1 is 1.21 bits per heavy atom. The Labute approximate surface area is 83.2 Å². The van der Waals surface area contributed by atoms with Gasteiger partial charge in [0.25, 0.3) is 0 Å². The molecular formula is C12H10NO. The van der Waals surface area contributed by atoms with E-state index in [9.17, 15) is 0 Å². The van der Waals surface area contributed by atoms with Crippen molar-refractivity contribution < 1.29 is 4.74 Å². The van der Waals surface area contributed by atoms with Crippen LogP contribution in [0.1, 0.15) is 0 Å². The fourth-order valence-electron chi connectivity index (χ4n) is 1.24. The van der Waals surface area contributed by atoms with Gasteiger partial charge in [-0.15, -0.1) is 0 Å². The molecular weight excluding hydrogens is 174 g/mol. The fraction of sp³-hybridized carbons (Fsp3) is 0.0833. The molecule has 0 aliphatic heterocycles. The van der Waals surface area contributed by atoms with Crippen LogP contribution in [0.15, 0.2) is 42.6 Å². The highest BCUT2D eigenvalue weighted by Gasteiger charge is 1.97. The highest BCUT2D eigenvalue weighted by molar-refractivity contribution is 5.62. The van der Waals surface area contributed by atoms with Crippen LogP contribution in [0.5, 0.6) is 5.88 Å². The Kier molecular flexibility index (Phi) is 2.45. The molecule has 2 nitrogen and oxygen atoms in total. The number of nitrogens with zero attached hydrogens (tertiary/aromatic N) is 1. The van der Waals surface area contributed by atoms with Crippen molar-refractivity contribution in [2.24, 2.45) is 0 Å². The topological polar surface area (TPSA) is 22.1 Å². The molecule has 0 N–H and O–H groups in total. The Balaban J connectivity index is 2.34. The lowest BCUT2D eigenvalue weighted by molar-refractivity contribution is 0.398. The molecule has 0 amide bonds. The van der Waals surface area contributed by atoms with Crippen LogP contribution in [0.3, 0.4) is 0 Å². The normalized spacial score (nSPS) is 9.79. The summed E-state index contributed by atoms with van der Waals surface area (Å²) in [6.45, 7) is 0. The van der Waals surface area contributed by atoms with Gasteiger partial charge in [0.05, 0.1) is 7.11 Å². The average molecular weight is 184 g/mol. The minimum atomic E-state index is 0.633. The number of pyridine rings is 1. The molecule has 1 radical (unpaired) electrons. The molecule has 14 heavy (non-hydrogen) atoms. The van der Waals surface area contributed by atoms with E-state index in [1.165, 1.54) is 0 Å². The van der Waals surface area contributed by atoms with Crippen molar-refractivity contribution in [2.45, 2.75) is 0 Å². The number of hydrogen-bond donors (Lipinski definition) is 0. The summed E-state index contributed by atoms with van der Waals surface area (Å²) in [6.07, 6.45) is 1.79. The van der Waals surface area contributed by atoms with Crippen molar-refractivity contribution in [2.75, 3.05) is 7.11 Å². The Morgan fingerprint density at radius 3 is 2.71 bits per heavy atom. The molecule has 0 aliphatic rings. The van der Waals surface area contributed by atoms with Crippen molar-refractivity contribution in [3.8, 4) is 17.0 Å². The number of hydrogen-bond acceptors (Lipinski definition) is 2. The second-order valence-electron chi connectivity index (χ2n) is 2.88. The Hall–Kier alpha value is -1.83. The summed E-state index contributed by atoms with van der Waals surface area (Å²) in [7, 11) is 1.61. The molecule has 2 rings (SSSR count). The molecule has 0 aliphatic carbocycles. The van der Waals surface area contributed by atoms with Gasteiger partial charge in [-0.3, -0.25) is 0 Å². The molecule has 2 heteroatoms. The SMILES string of the molecule is COc1ccc(-c2c[c]ccc2)cn1. The van der Waals surface area contributed by atoms with Gasteiger partial charge in [-0.25, -0.2) is 4.98 Å². The Morgan fingerprint density at radius 2 is 2.14 bits per heavy atom. The van der Waals surface area contributed by atoms with Crippen molar-refractivity contribution in [1.82, 2.24) is 4.98 Å². The Bertz CT molecular complexity index is 394. The zero-order valence-corrected chi connectivity index (χ0v) is 7.90. The minimum Gasteiger partial charge on any atom is -0.481 e. The van der Waals surface area contributed by atoms with Crippen LogP contribution in [-0.4, -0.2) is 12.1 Å². The van der Waals surface area contributed by atoms with Crippen molar-refractivity contribution >= 4 is 0 Å². The van der Waals surface area contributed by atoms with E-state index in [2.05, 4.69) is 11.1 Å². The predicted octanol–water partition coefficient (Wildman–Crippen LogP) is 2.56. The molecule has 0 fully saturated rings. The lowest BCUT2D eigenvalue weighted by Crippen LogP contribution is -1.86. The van der Waals surface area contributed by atoms with Crippen molar-refractivity contribution in [3.05, 3.63) is 48.7 Å². The number of ether oxygens (including phenoxy) is 1. The summed E-state index contributed by atoms with van der Waals surface area (Å²) in [6, 6.07) is 14.7. The first-order valence-corrected chi connectivity index (χ1v) is 4.36.